The molecule has 3 nitrogen and oxygen atoms in total. The van der Waals surface area contributed by atoms with Crippen molar-refractivity contribution >= 4 is 21.9 Å². The molecule has 0 spiro atoms. The lowest BCUT2D eigenvalue weighted by Crippen LogP contribution is -2.50. The van der Waals surface area contributed by atoms with E-state index < -0.39 is 0 Å². The lowest BCUT2D eigenvalue weighted by atomic mass is 9.76. The Balaban J connectivity index is 1.91. The molecule has 4 heteroatoms. The number of hydrogen-bond donors (Lipinski definition) is 0. The fourth-order valence-corrected chi connectivity index (χ4v) is 4.54. The minimum Gasteiger partial charge on any atom is -0.469 e. The van der Waals surface area contributed by atoms with Crippen LogP contribution >= 0.6 is 15.9 Å². The van der Waals surface area contributed by atoms with Gasteiger partial charge in [0.2, 0.25) is 0 Å². The molecule has 2 aliphatic heterocycles. The molecule has 2 fully saturated rings. The van der Waals surface area contributed by atoms with Crippen molar-refractivity contribution < 1.29 is 9.53 Å². The standard InChI is InChI=1S/C19H24BrNO2/c1-13-4-6-14(7-5-13)16-12-15-8-9-17(18(16)19(22)23-2)21(15)11-3-10-20/h3-7,10,15-18H,8-9,11-12H2,1-2H3/b10-3+/t15?,16-,17?,18+/m1/s1. The molecule has 2 bridgehead atoms. The average molecular weight is 378 g/mol. The van der Waals surface area contributed by atoms with E-state index in [2.05, 4.69) is 58.1 Å². The predicted octanol–water partition coefficient (Wildman–Crippen LogP) is 4.01. The number of ether oxygens (including phenoxy) is 1. The van der Waals surface area contributed by atoms with Gasteiger partial charge in [-0.1, -0.05) is 51.8 Å². The van der Waals surface area contributed by atoms with Gasteiger partial charge in [0, 0.05) is 24.5 Å². The number of nitrogens with zero attached hydrogens (tertiary/aromatic N) is 1. The van der Waals surface area contributed by atoms with E-state index in [1.165, 1.54) is 24.7 Å². The second-order valence-electron chi connectivity index (χ2n) is 6.66. The molecule has 23 heavy (non-hydrogen) atoms. The third-order valence-electron chi connectivity index (χ3n) is 5.45. The minimum absolute atomic E-state index is 0.0613. The molecule has 4 atom stereocenters. The summed E-state index contributed by atoms with van der Waals surface area (Å²) in [4.78, 5) is 16.9. The Morgan fingerprint density at radius 1 is 1.35 bits per heavy atom. The second kappa shape index (κ2) is 7.18. The van der Waals surface area contributed by atoms with Crippen molar-refractivity contribution in [1.29, 1.82) is 0 Å². The second-order valence-corrected chi connectivity index (χ2v) is 7.19. The van der Waals surface area contributed by atoms with Crippen molar-refractivity contribution in [2.45, 2.75) is 44.2 Å². The summed E-state index contributed by atoms with van der Waals surface area (Å²) in [7, 11) is 1.51. The molecule has 124 valence electrons. The largest absolute Gasteiger partial charge is 0.469 e. The highest BCUT2D eigenvalue weighted by molar-refractivity contribution is 9.11. The van der Waals surface area contributed by atoms with Crippen molar-refractivity contribution in [3.05, 3.63) is 46.5 Å². The van der Waals surface area contributed by atoms with Crippen molar-refractivity contribution in [3.8, 4) is 0 Å². The number of hydrogen-bond acceptors (Lipinski definition) is 3. The number of aryl methyl sites for hydroxylation is 1. The van der Waals surface area contributed by atoms with E-state index in [9.17, 15) is 4.79 Å². The Morgan fingerprint density at radius 3 is 2.74 bits per heavy atom. The molecule has 0 aromatic heterocycles. The Morgan fingerprint density at radius 2 is 2.09 bits per heavy atom. The van der Waals surface area contributed by atoms with E-state index in [-0.39, 0.29) is 23.8 Å². The van der Waals surface area contributed by atoms with Crippen molar-refractivity contribution in [1.82, 2.24) is 4.90 Å². The van der Waals surface area contributed by atoms with Crippen LogP contribution in [0.25, 0.3) is 0 Å². The van der Waals surface area contributed by atoms with Crippen LogP contribution in [0, 0.1) is 12.8 Å². The van der Waals surface area contributed by atoms with Crippen LogP contribution in [0.2, 0.25) is 0 Å². The molecule has 0 amide bonds. The first-order chi connectivity index (χ1) is 11.2. The Kier molecular flexibility index (Phi) is 5.22. The number of esters is 1. The average Bonchev–Trinajstić information content (AvgIpc) is 2.84. The molecule has 2 unspecified atom stereocenters. The van der Waals surface area contributed by atoms with Crippen molar-refractivity contribution in [3.63, 3.8) is 0 Å². The zero-order valence-electron chi connectivity index (χ0n) is 13.7. The van der Waals surface area contributed by atoms with Crippen LogP contribution in [0.4, 0.5) is 0 Å². The van der Waals surface area contributed by atoms with Gasteiger partial charge in [-0.2, -0.15) is 0 Å². The van der Waals surface area contributed by atoms with Crippen LogP contribution < -0.4 is 0 Å². The summed E-state index contributed by atoms with van der Waals surface area (Å²) in [6.07, 6.45) is 5.42. The van der Waals surface area contributed by atoms with Crippen molar-refractivity contribution in [2.75, 3.05) is 13.7 Å². The molecule has 1 aromatic rings. The lowest BCUT2D eigenvalue weighted by molar-refractivity contribution is -0.150. The summed E-state index contributed by atoms with van der Waals surface area (Å²) >= 11 is 3.35. The van der Waals surface area contributed by atoms with Crippen LogP contribution in [0.3, 0.4) is 0 Å². The van der Waals surface area contributed by atoms with Gasteiger partial charge in [0.25, 0.3) is 0 Å². The SMILES string of the molecule is COC(=O)[C@@H]1C2CCC(C[C@@H]1c1ccc(C)cc1)N2C/C=C/Br. The third kappa shape index (κ3) is 3.24. The molecule has 0 saturated carbocycles. The zero-order chi connectivity index (χ0) is 16.4. The highest BCUT2D eigenvalue weighted by Gasteiger charge is 2.50. The fourth-order valence-electron chi connectivity index (χ4n) is 4.37. The summed E-state index contributed by atoms with van der Waals surface area (Å²) in [5, 5.41) is 0. The lowest BCUT2D eigenvalue weighted by Gasteiger charge is -2.43. The maximum Gasteiger partial charge on any atom is 0.310 e. The highest BCUT2D eigenvalue weighted by Crippen LogP contribution is 2.47. The monoisotopic (exact) mass is 377 g/mol. The molecule has 0 radical (unpaired) electrons. The van der Waals surface area contributed by atoms with E-state index in [0.717, 1.165) is 19.4 Å². The Bertz CT molecular complexity index is 584. The number of carbonyl (C=O) groups is 1. The molecule has 3 rings (SSSR count). The number of fused-ring (bicyclic) bond motifs is 2. The van der Waals surface area contributed by atoms with Crippen LogP contribution in [-0.2, 0) is 9.53 Å². The fraction of sp³-hybridized carbons (Fsp3) is 0.526. The van der Waals surface area contributed by atoms with E-state index in [4.69, 9.17) is 4.74 Å². The summed E-state index contributed by atoms with van der Waals surface area (Å²) in [6, 6.07) is 9.51. The molecule has 0 aliphatic carbocycles. The number of piperidine rings is 1. The number of halogens is 1. The number of benzene rings is 1. The van der Waals surface area contributed by atoms with Gasteiger partial charge in [0.15, 0.2) is 0 Å². The van der Waals surface area contributed by atoms with Gasteiger partial charge in [0.1, 0.15) is 0 Å². The molecule has 1 aromatic carbocycles. The van der Waals surface area contributed by atoms with Gasteiger partial charge in [-0.25, -0.2) is 0 Å². The zero-order valence-corrected chi connectivity index (χ0v) is 15.3. The topological polar surface area (TPSA) is 29.5 Å². The van der Waals surface area contributed by atoms with Gasteiger partial charge in [-0.15, -0.1) is 0 Å². The van der Waals surface area contributed by atoms with E-state index >= 15 is 0 Å². The molecule has 0 N–H and O–H groups in total. The minimum atomic E-state index is -0.0646. The summed E-state index contributed by atoms with van der Waals surface area (Å²) in [5.74, 6) is 0.142. The maximum atomic E-state index is 12.5. The number of rotatable bonds is 4. The van der Waals surface area contributed by atoms with E-state index in [0.29, 0.717) is 6.04 Å². The molecular formula is C19H24BrNO2. The normalized spacial score (nSPS) is 30.7. The molecule has 2 saturated heterocycles. The van der Waals surface area contributed by atoms with Crippen LogP contribution in [0.5, 0.6) is 0 Å². The molecule has 2 heterocycles. The predicted molar refractivity (Wildman–Crippen MR) is 95.6 cm³/mol. The van der Waals surface area contributed by atoms with Gasteiger partial charge in [-0.3, -0.25) is 9.69 Å². The highest BCUT2D eigenvalue weighted by atomic mass is 79.9. The first-order valence-corrected chi connectivity index (χ1v) is 9.22. The maximum absolute atomic E-state index is 12.5. The number of carbonyl (C=O) groups excluding carboxylic acids is 1. The molecule has 2 aliphatic rings. The Hall–Kier alpha value is -1.13. The van der Waals surface area contributed by atoms with E-state index in [1.807, 2.05) is 4.99 Å². The summed E-state index contributed by atoms with van der Waals surface area (Å²) in [6.45, 7) is 3.00. The summed E-state index contributed by atoms with van der Waals surface area (Å²) in [5.41, 5.74) is 2.53. The van der Waals surface area contributed by atoms with Crippen LogP contribution in [0.15, 0.2) is 35.3 Å². The van der Waals surface area contributed by atoms with Crippen molar-refractivity contribution in [2.24, 2.45) is 5.92 Å². The van der Waals surface area contributed by atoms with Gasteiger partial charge in [0.05, 0.1) is 13.0 Å². The first kappa shape index (κ1) is 16.7. The van der Waals surface area contributed by atoms with E-state index in [1.54, 1.807) is 0 Å². The van der Waals surface area contributed by atoms with Crippen LogP contribution in [-0.4, -0.2) is 36.6 Å². The number of methoxy groups -OCH3 is 1. The molecular weight excluding hydrogens is 354 g/mol. The van der Waals surface area contributed by atoms with Gasteiger partial charge in [-0.05, 0) is 36.7 Å². The smallest absolute Gasteiger partial charge is 0.310 e. The van der Waals surface area contributed by atoms with Gasteiger partial charge >= 0.3 is 5.97 Å². The summed E-state index contributed by atoms with van der Waals surface area (Å²) < 4.78 is 5.18. The van der Waals surface area contributed by atoms with Gasteiger partial charge < -0.3 is 4.74 Å². The Labute approximate surface area is 146 Å². The van der Waals surface area contributed by atoms with Crippen LogP contribution in [0.1, 0.15) is 36.3 Å². The quantitative estimate of drug-likeness (QED) is 0.742. The first-order valence-electron chi connectivity index (χ1n) is 8.31. The third-order valence-corrected chi connectivity index (χ3v) is 5.82.